The number of aldehydes is 1. The van der Waals surface area contributed by atoms with Crippen molar-refractivity contribution in [1.29, 1.82) is 0 Å². The Morgan fingerprint density at radius 3 is 2.81 bits per heavy atom. The predicted octanol–water partition coefficient (Wildman–Crippen LogP) is 1.82. The second-order valence-corrected chi connectivity index (χ2v) is 8.02. The summed E-state index contributed by atoms with van der Waals surface area (Å²) in [6.45, 7) is 4.16. The first kappa shape index (κ1) is 22.9. The van der Waals surface area contributed by atoms with Gasteiger partial charge in [0.15, 0.2) is 0 Å². The Labute approximate surface area is 186 Å². The smallest absolute Gasteiger partial charge is 0.221 e. The fourth-order valence-corrected chi connectivity index (χ4v) is 3.28. The molecule has 3 N–H and O–H groups in total. The van der Waals surface area contributed by atoms with Gasteiger partial charge in [-0.05, 0) is 32.2 Å². The monoisotopic (exact) mass is 437 g/mol. The molecule has 168 valence electrons. The number of nitrogens with two attached hydrogens (primary N) is 1. The van der Waals surface area contributed by atoms with Crippen LogP contribution in [0.4, 0.5) is 5.95 Å². The van der Waals surface area contributed by atoms with E-state index in [2.05, 4.69) is 20.3 Å². The number of likely N-dealkylation sites (N-methyl/N-ethyl adjacent to an activating group) is 1. The molecule has 0 atom stereocenters. The van der Waals surface area contributed by atoms with E-state index < -0.39 is 5.60 Å². The Bertz CT molecular complexity index is 1160. The molecular weight excluding hydrogens is 410 g/mol. The molecule has 0 spiro atoms. The second-order valence-electron chi connectivity index (χ2n) is 8.02. The van der Waals surface area contributed by atoms with Crippen LogP contribution in [0.3, 0.4) is 0 Å². The minimum Gasteiger partial charge on any atom is -0.494 e. The van der Waals surface area contributed by atoms with Crippen LogP contribution in [-0.4, -0.2) is 67.6 Å². The fourth-order valence-electron chi connectivity index (χ4n) is 3.28. The van der Waals surface area contributed by atoms with Gasteiger partial charge in [0.25, 0.3) is 0 Å². The van der Waals surface area contributed by atoms with Gasteiger partial charge in [0, 0.05) is 24.6 Å². The molecule has 0 saturated carbocycles. The van der Waals surface area contributed by atoms with Crippen molar-refractivity contribution in [2.45, 2.75) is 26.0 Å². The van der Waals surface area contributed by atoms with Gasteiger partial charge in [-0.1, -0.05) is 23.4 Å². The lowest BCUT2D eigenvalue weighted by Gasteiger charge is -2.23. The van der Waals surface area contributed by atoms with E-state index >= 15 is 0 Å². The molecule has 0 amide bonds. The molecule has 2 heterocycles. The number of hydrogen-bond donors (Lipinski definition) is 2. The summed E-state index contributed by atoms with van der Waals surface area (Å²) < 4.78 is 6.92. The number of methoxy groups -OCH3 is 1. The van der Waals surface area contributed by atoms with Crippen LogP contribution in [-0.2, 0) is 11.3 Å². The van der Waals surface area contributed by atoms with Gasteiger partial charge in [-0.2, -0.15) is 0 Å². The lowest BCUT2D eigenvalue weighted by atomic mass is 10.1. The Morgan fingerprint density at radius 2 is 2.12 bits per heavy atom. The summed E-state index contributed by atoms with van der Waals surface area (Å²) in [7, 11) is 3.41. The molecule has 0 radical (unpaired) electrons. The number of benzene rings is 1. The Morgan fingerprint density at radius 1 is 1.34 bits per heavy atom. The van der Waals surface area contributed by atoms with Gasteiger partial charge in [0.05, 0.1) is 25.5 Å². The highest BCUT2D eigenvalue weighted by Crippen LogP contribution is 2.30. The van der Waals surface area contributed by atoms with Crippen LogP contribution in [0.5, 0.6) is 5.75 Å². The molecule has 0 bridgehead atoms. The van der Waals surface area contributed by atoms with Gasteiger partial charge < -0.3 is 20.5 Å². The molecule has 3 rings (SSSR count). The predicted molar refractivity (Wildman–Crippen MR) is 122 cm³/mol. The van der Waals surface area contributed by atoms with E-state index in [0.717, 1.165) is 11.7 Å². The maximum absolute atomic E-state index is 11.5. The average molecular weight is 438 g/mol. The van der Waals surface area contributed by atoms with Crippen molar-refractivity contribution in [3.8, 4) is 17.1 Å². The number of nitrogens with zero attached hydrogens (tertiary/aromatic N) is 6. The maximum Gasteiger partial charge on any atom is 0.221 e. The molecule has 2 aromatic heterocycles. The SMILES string of the molecule is COc1cccc2c(-c3cn(C/C(C=O)=C/C=C\N(C)CC(C)(C)O)nn3)nc(N)nc12. The number of fused-ring (bicyclic) bond motifs is 1. The van der Waals surface area contributed by atoms with Gasteiger partial charge in [-0.25, -0.2) is 14.6 Å². The summed E-state index contributed by atoms with van der Waals surface area (Å²) in [6.07, 6.45) is 7.70. The van der Waals surface area contributed by atoms with E-state index in [9.17, 15) is 9.90 Å². The molecule has 0 fully saturated rings. The minimum atomic E-state index is -0.813. The van der Waals surface area contributed by atoms with Crippen molar-refractivity contribution in [2.24, 2.45) is 0 Å². The van der Waals surface area contributed by atoms with Crippen LogP contribution >= 0.6 is 0 Å². The Hall–Kier alpha value is -3.79. The third-order valence-electron chi connectivity index (χ3n) is 4.49. The third kappa shape index (κ3) is 5.67. The number of carbonyl (C=O) groups excluding carboxylic acids is 1. The van der Waals surface area contributed by atoms with Crippen molar-refractivity contribution < 1.29 is 14.6 Å². The summed E-state index contributed by atoms with van der Waals surface area (Å²) >= 11 is 0. The lowest BCUT2D eigenvalue weighted by molar-refractivity contribution is -0.105. The van der Waals surface area contributed by atoms with Gasteiger partial charge in [-0.3, -0.25) is 4.79 Å². The highest BCUT2D eigenvalue weighted by molar-refractivity contribution is 5.95. The first-order chi connectivity index (χ1) is 15.2. The first-order valence-corrected chi connectivity index (χ1v) is 9.96. The normalized spacial score (nSPS) is 12.5. The molecule has 0 aliphatic heterocycles. The van der Waals surface area contributed by atoms with Gasteiger partial charge in [0.1, 0.15) is 28.9 Å². The minimum absolute atomic E-state index is 0.0975. The van der Waals surface area contributed by atoms with Crippen LogP contribution in [0.2, 0.25) is 0 Å². The van der Waals surface area contributed by atoms with Crippen molar-refractivity contribution >= 4 is 23.1 Å². The van der Waals surface area contributed by atoms with Crippen molar-refractivity contribution in [2.75, 3.05) is 26.4 Å². The molecule has 1 aromatic carbocycles. The standard InChI is InChI=1S/C22H27N7O3/c1-22(2,31)14-28(3)10-6-7-15(13-30)11-29-12-17(26-27-29)19-16-8-5-9-18(32-4)20(16)25-21(23)24-19/h5-10,12-13,31H,11,14H2,1-4H3,(H2,23,24,25)/b10-6-,15-7-. The Kier molecular flexibility index (Phi) is 6.84. The quantitative estimate of drug-likeness (QED) is 0.292. The molecule has 0 saturated heterocycles. The lowest BCUT2D eigenvalue weighted by Crippen LogP contribution is -2.33. The number of para-hydroxylation sites is 1. The van der Waals surface area contributed by atoms with Gasteiger partial charge in [-0.15, -0.1) is 5.10 Å². The number of carbonyl (C=O) groups is 1. The number of rotatable bonds is 9. The summed E-state index contributed by atoms with van der Waals surface area (Å²) in [6, 6.07) is 5.49. The summed E-state index contributed by atoms with van der Waals surface area (Å²) in [4.78, 5) is 22.0. The zero-order valence-electron chi connectivity index (χ0n) is 18.6. The summed E-state index contributed by atoms with van der Waals surface area (Å²) in [5.74, 6) is 0.679. The van der Waals surface area contributed by atoms with E-state index in [4.69, 9.17) is 10.5 Å². The number of ether oxygens (including phenoxy) is 1. The second kappa shape index (κ2) is 9.56. The molecule has 0 unspecified atom stereocenters. The zero-order chi connectivity index (χ0) is 23.3. The molecule has 3 aromatic rings. The number of nitrogen functional groups attached to an aromatic ring is 1. The van der Waals surface area contributed by atoms with Gasteiger partial charge in [0.2, 0.25) is 5.95 Å². The van der Waals surface area contributed by atoms with E-state index in [1.807, 2.05) is 24.1 Å². The molecule has 0 aliphatic rings. The summed E-state index contributed by atoms with van der Waals surface area (Å²) in [5.41, 5.74) is 7.20. The molecular formula is C22H27N7O3. The number of allylic oxidation sites excluding steroid dienone is 3. The Balaban J connectivity index is 1.82. The number of aliphatic hydroxyl groups is 1. The van der Waals surface area contributed by atoms with Crippen LogP contribution in [0, 0.1) is 0 Å². The van der Waals surface area contributed by atoms with Crippen molar-refractivity contribution in [1.82, 2.24) is 29.9 Å². The number of aromatic nitrogens is 5. The van der Waals surface area contributed by atoms with Crippen molar-refractivity contribution in [3.63, 3.8) is 0 Å². The van der Waals surface area contributed by atoms with Crippen LogP contribution in [0.25, 0.3) is 22.3 Å². The largest absolute Gasteiger partial charge is 0.494 e. The molecule has 10 nitrogen and oxygen atoms in total. The van der Waals surface area contributed by atoms with E-state index in [0.29, 0.717) is 34.8 Å². The third-order valence-corrected chi connectivity index (χ3v) is 4.49. The highest BCUT2D eigenvalue weighted by atomic mass is 16.5. The van der Waals surface area contributed by atoms with Crippen molar-refractivity contribution in [3.05, 3.63) is 48.3 Å². The first-order valence-electron chi connectivity index (χ1n) is 9.96. The topological polar surface area (TPSA) is 132 Å². The highest BCUT2D eigenvalue weighted by Gasteiger charge is 2.15. The van der Waals surface area contributed by atoms with E-state index in [-0.39, 0.29) is 12.5 Å². The van der Waals surface area contributed by atoms with E-state index in [1.165, 1.54) is 0 Å². The van der Waals surface area contributed by atoms with Crippen LogP contribution < -0.4 is 10.5 Å². The average Bonchev–Trinajstić information content (AvgIpc) is 3.19. The molecule has 32 heavy (non-hydrogen) atoms. The summed E-state index contributed by atoms with van der Waals surface area (Å²) in [5, 5.41) is 18.9. The number of anilines is 1. The van der Waals surface area contributed by atoms with Crippen LogP contribution in [0.1, 0.15) is 13.8 Å². The van der Waals surface area contributed by atoms with Crippen LogP contribution in [0.15, 0.2) is 48.3 Å². The molecule has 10 heteroatoms. The molecule has 0 aliphatic carbocycles. The van der Waals surface area contributed by atoms with Gasteiger partial charge >= 0.3 is 0 Å². The maximum atomic E-state index is 11.5. The zero-order valence-corrected chi connectivity index (χ0v) is 18.6. The fraction of sp³-hybridized carbons (Fsp3) is 0.318. The van der Waals surface area contributed by atoms with E-state index in [1.54, 1.807) is 56.3 Å². The number of hydrogen-bond acceptors (Lipinski definition) is 9.